The average Bonchev–Trinajstić information content (AvgIpc) is 3.09. The lowest BCUT2D eigenvalue weighted by Gasteiger charge is -2.36. The molecule has 1 N–H and O–H groups in total. The third kappa shape index (κ3) is 4.24. The van der Waals surface area contributed by atoms with Gasteiger partial charge < -0.3 is 24.3 Å². The van der Waals surface area contributed by atoms with Gasteiger partial charge >= 0.3 is 0 Å². The number of furan rings is 1. The Morgan fingerprint density at radius 3 is 2.68 bits per heavy atom. The van der Waals surface area contributed by atoms with Gasteiger partial charge in [-0.2, -0.15) is 0 Å². The maximum atomic E-state index is 12.2. The molecule has 0 spiro atoms. The van der Waals surface area contributed by atoms with Gasteiger partial charge in [0.1, 0.15) is 0 Å². The van der Waals surface area contributed by atoms with Gasteiger partial charge in [-0.15, -0.1) is 0 Å². The van der Waals surface area contributed by atoms with Crippen LogP contribution in [0.5, 0.6) is 0 Å². The first-order valence-electron chi connectivity index (χ1n) is 7.53. The highest BCUT2D eigenvalue weighted by molar-refractivity contribution is 5.91. The van der Waals surface area contributed by atoms with Crippen LogP contribution in [-0.4, -0.2) is 75.2 Å². The molecule has 7 heteroatoms. The molecular weight excluding hydrogens is 284 g/mol. The summed E-state index contributed by atoms with van der Waals surface area (Å²) in [5.74, 6) is 1.23. The Morgan fingerprint density at radius 1 is 1.36 bits per heavy atom. The lowest BCUT2D eigenvalue weighted by molar-refractivity contribution is 0.0657. The van der Waals surface area contributed by atoms with Crippen LogP contribution in [0.15, 0.2) is 27.8 Å². The molecule has 1 amide bonds. The van der Waals surface area contributed by atoms with Gasteiger partial charge in [-0.3, -0.25) is 9.79 Å². The quantitative estimate of drug-likeness (QED) is 0.491. The smallest absolute Gasteiger partial charge is 0.289 e. The highest BCUT2D eigenvalue weighted by atomic mass is 16.5. The van der Waals surface area contributed by atoms with E-state index < -0.39 is 0 Å². The summed E-state index contributed by atoms with van der Waals surface area (Å²) in [6.45, 7) is 4.41. The number of methoxy groups -OCH3 is 1. The summed E-state index contributed by atoms with van der Waals surface area (Å²) in [6.07, 6.45) is 2.46. The maximum absolute atomic E-state index is 12.2. The minimum atomic E-state index is -0.0484. The van der Waals surface area contributed by atoms with Crippen molar-refractivity contribution in [3.8, 4) is 0 Å². The van der Waals surface area contributed by atoms with Gasteiger partial charge in [-0.05, 0) is 18.6 Å². The van der Waals surface area contributed by atoms with Crippen molar-refractivity contribution < 1.29 is 13.9 Å². The topological polar surface area (TPSA) is 70.3 Å². The highest BCUT2D eigenvalue weighted by Gasteiger charge is 2.24. The third-order valence-corrected chi connectivity index (χ3v) is 3.62. The predicted molar refractivity (Wildman–Crippen MR) is 84.0 cm³/mol. The number of ether oxygens (including phenoxy) is 1. The van der Waals surface area contributed by atoms with E-state index in [9.17, 15) is 4.79 Å². The molecule has 0 bridgehead atoms. The number of rotatable bonds is 5. The molecule has 0 aromatic carbocycles. The Hall–Kier alpha value is -2.02. The number of amides is 1. The first-order valence-corrected chi connectivity index (χ1v) is 7.53. The van der Waals surface area contributed by atoms with Crippen molar-refractivity contribution in [3.63, 3.8) is 0 Å². The van der Waals surface area contributed by atoms with Gasteiger partial charge in [-0.1, -0.05) is 0 Å². The number of nitrogens with one attached hydrogen (secondary N) is 1. The van der Waals surface area contributed by atoms with E-state index in [4.69, 9.17) is 9.15 Å². The standard InChI is InChI=1S/C15H24N4O3/c1-16-15(17-6-4-11-21-2)19-9-7-18(8-10-19)14(20)13-5-3-12-22-13/h3,5,12H,4,6-11H2,1-2H3,(H,16,17). The molecule has 0 aliphatic carbocycles. The molecule has 7 nitrogen and oxygen atoms in total. The zero-order valence-electron chi connectivity index (χ0n) is 13.2. The van der Waals surface area contributed by atoms with Gasteiger partial charge in [0.05, 0.1) is 6.26 Å². The zero-order chi connectivity index (χ0) is 15.8. The fraction of sp³-hybridized carbons (Fsp3) is 0.600. The molecule has 1 aliphatic heterocycles. The van der Waals surface area contributed by atoms with Gasteiger partial charge in [0.15, 0.2) is 11.7 Å². The van der Waals surface area contributed by atoms with Crippen LogP contribution in [0.3, 0.4) is 0 Å². The minimum Gasteiger partial charge on any atom is -0.459 e. The van der Waals surface area contributed by atoms with Crippen LogP contribution in [0, 0.1) is 0 Å². The van der Waals surface area contributed by atoms with Crippen molar-refractivity contribution in [1.82, 2.24) is 15.1 Å². The SMILES string of the molecule is CN=C(NCCCOC)N1CCN(C(=O)c2ccco2)CC1. The van der Waals surface area contributed by atoms with Crippen molar-refractivity contribution in [3.05, 3.63) is 24.2 Å². The van der Waals surface area contributed by atoms with E-state index in [0.29, 0.717) is 18.8 Å². The largest absolute Gasteiger partial charge is 0.459 e. The Kier molecular flexibility index (Phi) is 6.27. The predicted octanol–water partition coefficient (Wildman–Crippen LogP) is 0.649. The van der Waals surface area contributed by atoms with Crippen molar-refractivity contribution in [2.75, 3.05) is 53.5 Å². The number of hydrogen-bond acceptors (Lipinski definition) is 4. The molecule has 1 fully saturated rings. The van der Waals surface area contributed by atoms with Crippen LogP contribution < -0.4 is 5.32 Å². The minimum absolute atomic E-state index is 0.0484. The highest BCUT2D eigenvalue weighted by Crippen LogP contribution is 2.09. The molecule has 2 rings (SSSR count). The van der Waals surface area contributed by atoms with Crippen molar-refractivity contribution >= 4 is 11.9 Å². The molecule has 1 aromatic rings. The lowest BCUT2D eigenvalue weighted by atomic mass is 10.3. The van der Waals surface area contributed by atoms with Gasteiger partial charge in [0.2, 0.25) is 0 Å². The van der Waals surface area contributed by atoms with Crippen LogP contribution >= 0.6 is 0 Å². The Morgan fingerprint density at radius 2 is 2.09 bits per heavy atom. The number of nitrogens with zero attached hydrogens (tertiary/aromatic N) is 3. The van der Waals surface area contributed by atoms with E-state index in [-0.39, 0.29) is 5.91 Å². The molecule has 0 atom stereocenters. The van der Waals surface area contributed by atoms with E-state index in [1.165, 1.54) is 6.26 Å². The summed E-state index contributed by atoms with van der Waals surface area (Å²) in [6, 6.07) is 3.43. The first-order chi connectivity index (χ1) is 10.8. The molecule has 1 aromatic heterocycles. The van der Waals surface area contributed by atoms with Crippen molar-refractivity contribution in [2.24, 2.45) is 4.99 Å². The second kappa shape index (κ2) is 8.43. The summed E-state index contributed by atoms with van der Waals surface area (Å²) in [5, 5.41) is 3.32. The average molecular weight is 308 g/mol. The molecule has 22 heavy (non-hydrogen) atoms. The number of carbonyl (C=O) groups excluding carboxylic acids is 1. The Bertz CT molecular complexity index is 479. The Balaban J connectivity index is 1.79. The summed E-state index contributed by atoms with van der Waals surface area (Å²) in [5.41, 5.74) is 0. The fourth-order valence-electron chi connectivity index (χ4n) is 2.43. The van der Waals surface area contributed by atoms with Crippen molar-refractivity contribution in [2.45, 2.75) is 6.42 Å². The maximum Gasteiger partial charge on any atom is 0.289 e. The summed E-state index contributed by atoms with van der Waals surface area (Å²) in [4.78, 5) is 20.5. The lowest BCUT2D eigenvalue weighted by Crippen LogP contribution is -2.53. The summed E-state index contributed by atoms with van der Waals surface area (Å²) >= 11 is 0. The molecular formula is C15H24N4O3. The molecule has 2 heterocycles. The van der Waals surface area contributed by atoms with E-state index in [0.717, 1.165) is 38.6 Å². The second-order valence-corrected chi connectivity index (χ2v) is 5.08. The van der Waals surface area contributed by atoms with Crippen LogP contribution in [0.1, 0.15) is 17.0 Å². The van der Waals surface area contributed by atoms with Gasteiger partial charge in [-0.25, -0.2) is 0 Å². The van der Waals surface area contributed by atoms with Crippen LogP contribution in [0.25, 0.3) is 0 Å². The Labute approximate surface area is 130 Å². The monoisotopic (exact) mass is 308 g/mol. The van der Waals surface area contributed by atoms with E-state index in [1.807, 2.05) is 4.90 Å². The number of hydrogen-bond donors (Lipinski definition) is 1. The van der Waals surface area contributed by atoms with E-state index in [1.54, 1.807) is 26.3 Å². The molecule has 0 unspecified atom stereocenters. The first kappa shape index (κ1) is 16.4. The number of aliphatic imine (C=N–C) groups is 1. The van der Waals surface area contributed by atoms with Gasteiger partial charge in [0.25, 0.3) is 5.91 Å². The normalized spacial score (nSPS) is 16.0. The third-order valence-electron chi connectivity index (χ3n) is 3.62. The molecule has 1 saturated heterocycles. The van der Waals surface area contributed by atoms with Crippen LogP contribution in [0.4, 0.5) is 0 Å². The second-order valence-electron chi connectivity index (χ2n) is 5.08. The number of carbonyl (C=O) groups is 1. The van der Waals surface area contributed by atoms with Gasteiger partial charge in [0, 0.05) is 53.5 Å². The number of piperazine rings is 1. The fourth-order valence-corrected chi connectivity index (χ4v) is 2.43. The number of guanidine groups is 1. The van der Waals surface area contributed by atoms with Crippen LogP contribution in [-0.2, 0) is 4.74 Å². The van der Waals surface area contributed by atoms with Crippen molar-refractivity contribution in [1.29, 1.82) is 0 Å². The molecule has 0 radical (unpaired) electrons. The van der Waals surface area contributed by atoms with Crippen LogP contribution in [0.2, 0.25) is 0 Å². The van der Waals surface area contributed by atoms with E-state index in [2.05, 4.69) is 15.2 Å². The van der Waals surface area contributed by atoms with E-state index >= 15 is 0 Å². The molecule has 0 saturated carbocycles. The molecule has 122 valence electrons. The zero-order valence-corrected chi connectivity index (χ0v) is 13.2. The molecule has 1 aliphatic rings. The summed E-state index contributed by atoms with van der Waals surface area (Å²) < 4.78 is 10.2. The summed E-state index contributed by atoms with van der Waals surface area (Å²) in [7, 11) is 3.48.